The lowest BCUT2D eigenvalue weighted by Gasteiger charge is -2.26. The van der Waals surface area contributed by atoms with Crippen LogP contribution in [0, 0.1) is 10.8 Å². The third-order valence-corrected chi connectivity index (χ3v) is 4.87. The van der Waals surface area contributed by atoms with Crippen molar-refractivity contribution in [3.05, 3.63) is 0 Å². The molecule has 4 heteroatoms. The van der Waals surface area contributed by atoms with E-state index in [1.807, 2.05) is 0 Å². The Labute approximate surface area is 102 Å². The molecule has 0 aromatic rings. The van der Waals surface area contributed by atoms with Crippen molar-refractivity contribution in [1.29, 1.82) is 0 Å². The van der Waals surface area contributed by atoms with Gasteiger partial charge in [0.2, 0.25) is 0 Å². The molecule has 4 nitrogen and oxygen atoms in total. The molecule has 17 heavy (non-hydrogen) atoms. The first-order chi connectivity index (χ1) is 8.12. The zero-order chi connectivity index (χ0) is 12.1. The van der Waals surface area contributed by atoms with Crippen molar-refractivity contribution in [3.8, 4) is 0 Å². The smallest absolute Gasteiger partial charge is 0.323 e. The molecule has 0 radical (unpaired) electrons. The zero-order valence-corrected chi connectivity index (χ0v) is 10.4. The lowest BCUT2D eigenvalue weighted by molar-refractivity contribution is -0.146. The van der Waals surface area contributed by atoms with Crippen LogP contribution in [0.3, 0.4) is 0 Å². The minimum absolute atomic E-state index is 0.0634. The summed E-state index contributed by atoms with van der Waals surface area (Å²) in [6.45, 7) is 2.14. The van der Waals surface area contributed by atoms with Crippen LogP contribution < -0.4 is 0 Å². The second kappa shape index (κ2) is 3.69. The Hall–Kier alpha value is -0.610. The van der Waals surface area contributed by atoms with Gasteiger partial charge in [0.05, 0.1) is 7.11 Å². The summed E-state index contributed by atoms with van der Waals surface area (Å²) in [7, 11) is 1.47. The Morgan fingerprint density at radius 3 is 2.59 bits per heavy atom. The summed E-state index contributed by atoms with van der Waals surface area (Å²) < 4.78 is 4.91. The molecule has 2 saturated carbocycles. The number of ether oxygens (including phenoxy) is 1. The summed E-state index contributed by atoms with van der Waals surface area (Å²) in [6, 6.07) is -0.0634. The molecule has 3 aliphatic rings. The standard InChI is InChI=1S/C13H21NO3/c1-17-11(16)10-6-12(2-3-12)7-14(10)8-13(9-15)4-5-13/h10,15H,2-9H2,1H3. The zero-order valence-electron chi connectivity index (χ0n) is 10.4. The highest BCUT2D eigenvalue weighted by molar-refractivity contribution is 5.76. The molecule has 3 rings (SSSR count). The minimum Gasteiger partial charge on any atom is -0.468 e. The van der Waals surface area contributed by atoms with Crippen molar-refractivity contribution >= 4 is 5.97 Å². The largest absolute Gasteiger partial charge is 0.468 e. The second-order valence-corrected chi connectivity index (χ2v) is 6.31. The van der Waals surface area contributed by atoms with Crippen LogP contribution >= 0.6 is 0 Å². The lowest BCUT2D eigenvalue weighted by atomic mass is 10.0. The van der Waals surface area contributed by atoms with Gasteiger partial charge >= 0.3 is 5.97 Å². The van der Waals surface area contributed by atoms with Crippen LogP contribution in [-0.2, 0) is 9.53 Å². The quantitative estimate of drug-likeness (QED) is 0.737. The average Bonchev–Trinajstić information content (AvgIpc) is 3.21. The van der Waals surface area contributed by atoms with E-state index in [1.54, 1.807) is 0 Å². The maximum absolute atomic E-state index is 11.8. The van der Waals surface area contributed by atoms with Gasteiger partial charge in [-0.2, -0.15) is 0 Å². The number of carbonyl (C=O) groups is 1. The van der Waals surface area contributed by atoms with E-state index in [-0.39, 0.29) is 24.0 Å². The van der Waals surface area contributed by atoms with E-state index in [9.17, 15) is 9.90 Å². The second-order valence-electron chi connectivity index (χ2n) is 6.31. The molecule has 0 aromatic heterocycles. The number of hydrogen-bond donors (Lipinski definition) is 1. The Morgan fingerprint density at radius 1 is 1.41 bits per heavy atom. The Balaban J connectivity index is 1.70. The molecule has 1 unspecified atom stereocenters. The third-order valence-electron chi connectivity index (χ3n) is 4.87. The summed E-state index contributed by atoms with van der Waals surface area (Å²) in [5.74, 6) is -0.0949. The van der Waals surface area contributed by atoms with Gasteiger partial charge in [-0.05, 0) is 37.5 Å². The molecule has 2 aliphatic carbocycles. The number of aliphatic hydroxyl groups excluding tert-OH is 1. The highest BCUT2D eigenvalue weighted by atomic mass is 16.5. The molecule has 96 valence electrons. The molecule has 1 aliphatic heterocycles. The SMILES string of the molecule is COC(=O)C1CC2(CC2)CN1CC1(CO)CC1. The fraction of sp³-hybridized carbons (Fsp3) is 0.923. The van der Waals surface area contributed by atoms with E-state index in [4.69, 9.17) is 4.74 Å². The molecule has 1 N–H and O–H groups in total. The molecule has 0 amide bonds. The summed E-state index contributed by atoms with van der Waals surface area (Å²) in [5, 5.41) is 9.40. The highest BCUT2D eigenvalue weighted by Crippen LogP contribution is 2.56. The van der Waals surface area contributed by atoms with Crippen molar-refractivity contribution in [2.24, 2.45) is 10.8 Å². The van der Waals surface area contributed by atoms with Crippen LogP contribution in [0.25, 0.3) is 0 Å². The molecule has 0 bridgehead atoms. The molecule has 1 spiro atoms. The van der Waals surface area contributed by atoms with Crippen LogP contribution in [-0.4, -0.2) is 48.8 Å². The topological polar surface area (TPSA) is 49.8 Å². The Morgan fingerprint density at radius 2 is 2.12 bits per heavy atom. The van der Waals surface area contributed by atoms with Crippen molar-refractivity contribution < 1.29 is 14.6 Å². The van der Waals surface area contributed by atoms with Crippen LogP contribution in [0.2, 0.25) is 0 Å². The minimum atomic E-state index is -0.0949. The molecule has 1 saturated heterocycles. The fourth-order valence-corrected chi connectivity index (χ4v) is 3.19. The van der Waals surface area contributed by atoms with Crippen molar-refractivity contribution in [3.63, 3.8) is 0 Å². The van der Waals surface area contributed by atoms with E-state index < -0.39 is 0 Å². The van der Waals surface area contributed by atoms with Gasteiger partial charge in [0.15, 0.2) is 0 Å². The molecule has 0 aromatic carbocycles. The number of methoxy groups -OCH3 is 1. The lowest BCUT2D eigenvalue weighted by Crippen LogP contribution is -2.41. The monoisotopic (exact) mass is 239 g/mol. The van der Waals surface area contributed by atoms with E-state index in [0.717, 1.165) is 32.4 Å². The van der Waals surface area contributed by atoms with Gasteiger partial charge in [-0.3, -0.25) is 9.69 Å². The number of hydrogen-bond acceptors (Lipinski definition) is 4. The van der Waals surface area contributed by atoms with Gasteiger partial charge in [0, 0.05) is 25.1 Å². The average molecular weight is 239 g/mol. The van der Waals surface area contributed by atoms with Gasteiger partial charge in [-0.25, -0.2) is 0 Å². The number of nitrogens with zero attached hydrogens (tertiary/aromatic N) is 1. The van der Waals surface area contributed by atoms with Crippen LogP contribution in [0.1, 0.15) is 32.1 Å². The molecule has 1 heterocycles. The number of carbonyl (C=O) groups excluding carboxylic acids is 1. The summed E-state index contributed by atoms with van der Waals surface area (Å²) in [5.41, 5.74) is 0.497. The number of likely N-dealkylation sites (tertiary alicyclic amines) is 1. The van der Waals surface area contributed by atoms with Crippen LogP contribution in [0.4, 0.5) is 0 Å². The third kappa shape index (κ3) is 1.97. The van der Waals surface area contributed by atoms with Gasteiger partial charge in [0.25, 0.3) is 0 Å². The predicted octanol–water partition coefficient (Wildman–Crippen LogP) is 0.786. The van der Waals surface area contributed by atoms with Gasteiger partial charge in [-0.15, -0.1) is 0 Å². The first-order valence-corrected chi connectivity index (χ1v) is 6.55. The van der Waals surface area contributed by atoms with E-state index in [0.29, 0.717) is 5.41 Å². The van der Waals surface area contributed by atoms with Gasteiger partial charge in [-0.1, -0.05) is 0 Å². The first-order valence-electron chi connectivity index (χ1n) is 6.55. The predicted molar refractivity (Wildman–Crippen MR) is 62.4 cm³/mol. The fourth-order valence-electron chi connectivity index (χ4n) is 3.19. The van der Waals surface area contributed by atoms with E-state index in [1.165, 1.54) is 20.0 Å². The van der Waals surface area contributed by atoms with Crippen LogP contribution in [0.5, 0.6) is 0 Å². The number of aliphatic hydroxyl groups is 1. The summed E-state index contributed by atoms with van der Waals surface area (Å²) >= 11 is 0. The molecular weight excluding hydrogens is 218 g/mol. The Bertz CT molecular complexity index is 334. The van der Waals surface area contributed by atoms with Crippen molar-refractivity contribution in [2.75, 3.05) is 26.8 Å². The number of esters is 1. The van der Waals surface area contributed by atoms with Gasteiger partial charge in [0.1, 0.15) is 6.04 Å². The first kappa shape index (κ1) is 11.5. The molecule has 1 atom stereocenters. The van der Waals surface area contributed by atoms with Crippen molar-refractivity contribution in [2.45, 2.75) is 38.1 Å². The molecular formula is C13H21NO3. The highest BCUT2D eigenvalue weighted by Gasteiger charge is 2.56. The van der Waals surface area contributed by atoms with E-state index in [2.05, 4.69) is 4.90 Å². The maximum atomic E-state index is 11.8. The maximum Gasteiger partial charge on any atom is 0.323 e. The molecule has 3 fully saturated rings. The van der Waals surface area contributed by atoms with E-state index >= 15 is 0 Å². The van der Waals surface area contributed by atoms with Gasteiger partial charge < -0.3 is 9.84 Å². The normalized spacial score (nSPS) is 32.7. The van der Waals surface area contributed by atoms with Crippen molar-refractivity contribution in [1.82, 2.24) is 4.90 Å². The summed E-state index contributed by atoms with van der Waals surface area (Å²) in [4.78, 5) is 14.1. The number of rotatable bonds is 4. The van der Waals surface area contributed by atoms with Crippen LogP contribution in [0.15, 0.2) is 0 Å². The Kier molecular flexibility index (Phi) is 2.49. The summed E-state index contributed by atoms with van der Waals surface area (Å²) in [6.07, 6.45) is 5.66.